The van der Waals surface area contributed by atoms with Crippen LogP contribution in [-0.2, 0) is 9.53 Å². The van der Waals surface area contributed by atoms with Crippen LogP contribution in [-0.4, -0.2) is 30.2 Å². The second-order valence-electron chi connectivity index (χ2n) is 3.41. The number of ether oxygens (including phenoxy) is 1. The zero-order chi connectivity index (χ0) is 8.97. The Labute approximate surface area is 73.7 Å². The van der Waals surface area contributed by atoms with Crippen LogP contribution in [0.25, 0.3) is 0 Å². The quantitative estimate of drug-likeness (QED) is 0.601. The van der Waals surface area contributed by atoms with Crippen molar-refractivity contribution >= 4 is 6.47 Å². The van der Waals surface area contributed by atoms with E-state index in [9.17, 15) is 4.79 Å². The molecule has 1 saturated heterocycles. The van der Waals surface area contributed by atoms with Crippen LogP contribution in [0.1, 0.15) is 33.1 Å². The van der Waals surface area contributed by atoms with Crippen molar-refractivity contribution in [2.75, 3.05) is 6.54 Å². The maximum absolute atomic E-state index is 10.1. The highest BCUT2D eigenvalue weighted by molar-refractivity contribution is 5.37. The minimum atomic E-state index is -0.0576. The summed E-state index contributed by atoms with van der Waals surface area (Å²) in [6.07, 6.45) is 3.67. The minimum Gasteiger partial charge on any atom is -0.449 e. The molecule has 0 aromatic heterocycles. The van der Waals surface area contributed by atoms with E-state index >= 15 is 0 Å². The van der Waals surface area contributed by atoms with E-state index in [1.165, 1.54) is 19.3 Å². The lowest BCUT2D eigenvalue weighted by Gasteiger charge is -2.36. The van der Waals surface area contributed by atoms with Gasteiger partial charge in [-0.25, -0.2) is 0 Å². The summed E-state index contributed by atoms with van der Waals surface area (Å²) in [6, 6.07) is 0.550. The van der Waals surface area contributed by atoms with Crippen LogP contribution in [0.15, 0.2) is 0 Å². The molecule has 1 rings (SSSR count). The average molecular weight is 171 g/mol. The fourth-order valence-corrected chi connectivity index (χ4v) is 1.82. The van der Waals surface area contributed by atoms with Gasteiger partial charge in [-0.1, -0.05) is 6.42 Å². The Morgan fingerprint density at radius 1 is 1.58 bits per heavy atom. The number of carbonyl (C=O) groups is 1. The minimum absolute atomic E-state index is 0.0576. The maximum Gasteiger partial charge on any atom is 0.294 e. The molecule has 0 spiro atoms. The van der Waals surface area contributed by atoms with Crippen LogP contribution in [0.3, 0.4) is 0 Å². The Bertz CT molecular complexity index is 149. The van der Waals surface area contributed by atoms with Gasteiger partial charge in [-0.3, -0.25) is 9.69 Å². The number of hydrogen-bond acceptors (Lipinski definition) is 3. The van der Waals surface area contributed by atoms with Gasteiger partial charge in [0.25, 0.3) is 6.47 Å². The van der Waals surface area contributed by atoms with E-state index in [0.29, 0.717) is 12.5 Å². The summed E-state index contributed by atoms with van der Waals surface area (Å²) in [5, 5.41) is 0. The van der Waals surface area contributed by atoms with E-state index in [1.54, 1.807) is 0 Å². The van der Waals surface area contributed by atoms with Gasteiger partial charge < -0.3 is 4.74 Å². The van der Waals surface area contributed by atoms with Crippen molar-refractivity contribution in [1.29, 1.82) is 0 Å². The highest BCUT2D eigenvalue weighted by Gasteiger charge is 2.23. The van der Waals surface area contributed by atoms with Gasteiger partial charge in [0, 0.05) is 12.6 Å². The standard InChI is InChI=1S/C9H17NO2/c1-8-5-3-4-6-10(8)9(2)12-7-11/h7-9H,3-6H2,1-2H3. The van der Waals surface area contributed by atoms with E-state index < -0.39 is 0 Å². The van der Waals surface area contributed by atoms with Crippen molar-refractivity contribution in [3.8, 4) is 0 Å². The molecule has 1 fully saturated rings. The molecule has 0 saturated carbocycles. The first-order chi connectivity index (χ1) is 5.75. The van der Waals surface area contributed by atoms with E-state index in [-0.39, 0.29) is 6.23 Å². The van der Waals surface area contributed by atoms with Crippen LogP contribution in [0.4, 0.5) is 0 Å². The molecule has 70 valence electrons. The van der Waals surface area contributed by atoms with Crippen LogP contribution >= 0.6 is 0 Å². The lowest BCUT2D eigenvalue weighted by atomic mass is 10.0. The Morgan fingerprint density at radius 2 is 2.33 bits per heavy atom. The lowest BCUT2D eigenvalue weighted by Crippen LogP contribution is -2.44. The molecule has 2 atom stereocenters. The van der Waals surface area contributed by atoms with Gasteiger partial charge in [0.1, 0.15) is 0 Å². The smallest absolute Gasteiger partial charge is 0.294 e. The van der Waals surface area contributed by atoms with Gasteiger partial charge in [-0.15, -0.1) is 0 Å². The van der Waals surface area contributed by atoms with E-state index in [0.717, 1.165) is 6.54 Å². The van der Waals surface area contributed by atoms with E-state index in [4.69, 9.17) is 4.74 Å². The highest BCUT2D eigenvalue weighted by Crippen LogP contribution is 2.18. The highest BCUT2D eigenvalue weighted by atomic mass is 16.5. The Balaban J connectivity index is 2.41. The molecule has 0 aliphatic carbocycles. The summed E-state index contributed by atoms with van der Waals surface area (Å²) in [6.45, 7) is 5.70. The number of carbonyl (C=O) groups excluding carboxylic acids is 1. The first-order valence-electron chi connectivity index (χ1n) is 4.60. The fraction of sp³-hybridized carbons (Fsp3) is 0.889. The van der Waals surface area contributed by atoms with E-state index in [1.807, 2.05) is 6.92 Å². The molecule has 0 radical (unpaired) electrons. The average Bonchev–Trinajstić information content (AvgIpc) is 2.05. The van der Waals surface area contributed by atoms with Crippen molar-refractivity contribution < 1.29 is 9.53 Å². The summed E-state index contributed by atoms with van der Waals surface area (Å²) in [7, 11) is 0. The number of nitrogens with zero attached hydrogens (tertiary/aromatic N) is 1. The van der Waals surface area contributed by atoms with E-state index in [2.05, 4.69) is 11.8 Å². The topological polar surface area (TPSA) is 29.5 Å². The second kappa shape index (κ2) is 4.45. The van der Waals surface area contributed by atoms with Gasteiger partial charge in [0.05, 0.1) is 0 Å². The first kappa shape index (κ1) is 9.52. The Kier molecular flexibility index (Phi) is 3.53. The van der Waals surface area contributed by atoms with Gasteiger partial charge in [-0.05, 0) is 26.7 Å². The van der Waals surface area contributed by atoms with Crippen LogP contribution in [0.5, 0.6) is 0 Å². The predicted molar refractivity (Wildman–Crippen MR) is 46.6 cm³/mol. The first-order valence-corrected chi connectivity index (χ1v) is 4.60. The molecule has 3 nitrogen and oxygen atoms in total. The molecular formula is C9H17NO2. The summed E-state index contributed by atoms with van der Waals surface area (Å²) in [4.78, 5) is 12.3. The van der Waals surface area contributed by atoms with Crippen molar-refractivity contribution in [3.63, 3.8) is 0 Å². The predicted octanol–water partition coefficient (Wildman–Crippen LogP) is 1.38. The van der Waals surface area contributed by atoms with Gasteiger partial charge in [0.2, 0.25) is 0 Å². The molecule has 12 heavy (non-hydrogen) atoms. The van der Waals surface area contributed by atoms with Crippen molar-refractivity contribution in [2.24, 2.45) is 0 Å². The third-order valence-corrected chi connectivity index (χ3v) is 2.57. The van der Waals surface area contributed by atoms with Crippen LogP contribution in [0, 0.1) is 0 Å². The third kappa shape index (κ3) is 2.21. The molecule has 0 aromatic carbocycles. The van der Waals surface area contributed by atoms with Gasteiger partial charge in [-0.2, -0.15) is 0 Å². The summed E-state index contributed by atoms with van der Waals surface area (Å²) < 4.78 is 4.90. The molecule has 2 unspecified atom stereocenters. The SMILES string of the molecule is CC1CCCCN1C(C)OC=O. The normalized spacial score (nSPS) is 28.0. The number of rotatable bonds is 3. The molecule has 3 heteroatoms. The molecule has 0 bridgehead atoms. The van der Waals surface area contributed by atoms with Crippen molar-refractivity contribution in [3.05, 3.63) is 0 Å². The van der Waals surface area contributed by atoms with Crippen molar-refractivity contribution in [1.82, 2.24) is 4.90 Å². The Hall–Kier alpha value is -0.570. The molecule has 1 aliphatic rings. The lowest BCUT2D eigenvalue weighted by molar-refractivity contribution is -0.144. The largest absolute Gasteiger partial charge is 0.449 e. The van der Waals surface area contributed by atoms with Crippen molar-refractivity contribution in [2.45, 2.75) is 45.4 Å². The van der Waals surface area contributed by atoms with Crippen LogP contribution < -0.4 is 0 Å². The molecular weight excluding hydrogens is 154 g/mol. The third-order valence-electron chi connectivity index (χ3n) is 2.57. The van der Waals surface area contributed by atoms with Gasteiger partial charge >= 0.3 is 0 Å². The summed E-state index contributed by atoms with van der Waals surface area (Å²) in [5.74, 6) is 0. The molecule has 1 heterocycles. The molecule has 1 aliphatic heterocycles. The fourth-order valence-electron chi connectivity index (χ4n) is 1.82. The number of likely N-dealkylation sites (tertiary alicyclic amines) is 1. The zero-order valence-corrected chi connectivity index (χ0v) is 7.82. The zero-order valence-electron chi connectivity index (χ0n) is 7.82. The number of hydrogen-bond donors (Lipinski definition) is 0. The second-order valence-corrected chi connectivity index (χ2v) is 3.41. The molecule has 0 amide bonds. The summed E-state index contributed by atoms with van der Waals surface area (Å²) >= 11 is 0. The van der Waals surface area contributed by atoms with Crippen LogP contribution in [0.2, 0.25) is 0 Å². The number of piperidine rings is 1. The maximum atomic E-state index is 10.1. The van der Waals surface area contributed by atoms with Gasteiger partial charge in [0.15, 0.2) is 6.23 Å². The molecule has 0 aromatic rings. The molecule has 0 N–H and O–H groups in total. The Morgan fingerprint density at radius 3 is 2.92 bits per heavy atom. The summed E-state index contributed by atoms with van der Waals surface area (Å²) in [5.41, 5.74) is 0. The monoisotopic (exact) mass is 171 g/mol.